The number of aromatic carboxylic acids is 1. The van der Waals surface area contributed by atoms with E-state index in [1.807, 2.05) is 0 Å². The molecule has 0 fully saturated rings. The van der Waals surface area contributed by atoms with E-state index in [0.717, 1.165) is 0 Å². The zero-order chi connectivity index (χ0) is 9.42. The van der Waals surface area contributed by atoms with Gasteiger partial charge in [0.25, 0.3) is 0 Å². The fourth-order valence-electron chi connectivity index (χ4n) is 1.27. The topological polar surface area (TPSA) is 98.6 Å². The summed E-state index contributed by atoms with van der Waals surface area (Å²) in [5, 5.41) is 8.66. The van der Waals surface area contributed by atoms with Gasteiger partial charge in [-0.25, -0.2) is 9.59 Å². The second-order valence-corrected chi connectivity index (χ2v) is 2.75. The average Bonchev–Trinajstić information content (AvgIpc) is 2.47. The van der Waals surface area contributed by atoms with Crippen LogP contribution in [0.1, 0.15) is 26.3 Å². The summed E-state index contributed by atoms with van der Waals surface area (Å²) in [6.07, 6.45) is 0. The van der Waals surface area contributed by atoms with Gasteiger partial charge in [-0.1, -0.05) is 0 Å². The zero-order valence-electron chi connectivity index (χ0n) is 7.32. The van der Waals surface area contributed by atoms with Gasteiger partial charge in [0.15, 0.2) is 0 Å². The van der Waals surface area contributed by atoms with Crippen molar-refractivity contribution < 1.29 is 19.4 Å². The van der Waals surface area contributed by atoms with Crippen molar-refractivity contribution in [2.24, 2.45) is 0 Å². The number of benzene rings is 1. The van der Waals surface area contributed by atoms with E-state index >= 15 is 0 Å². The van der Waals surface area contributed by atoms with Crippen LogP contribution >= 0.6 is 0 Å². The summed E-state index contributed by atoms with van der Waals surface area (Å²) in [5.41, 5.74) is 1.28. The fraction of sp³-hybridized carbons (Fsp3) is 0.111. The monoisotopic (exact) mass is 195 g/mol. The predicted octanol–water partition coefficient (Wildman–Crippen LogP) is 1.22. The van der Waals surface area contributed by atoms with Gasteiger partial charge in [0.2, 0.25) is 0 Å². The summed E-state index contributed by atoms with van der Waals surface area (Å²) in [6.45, 7) is 0.176. The van der Waals surface area contributed by atoms with E-state index < -0.39 is 5.97 Å². The quantitative estimate of drug-likeness (QED) is 0.656. The van der Waals surface area contributed by atoms with Crippen molar-refractivity contribution in [2.75, 3.05) is 0 Å². The van der Waals surface area contributed by atoms with Crippen LogP contribution < -0.4 is 6.15 Å². The van der Waals surface area contributed by atoms with Crippen LogP contribution in [0.2, 0.25) is 0 Å². The van der Waals surface area contributed by atoms with E-state index in [0.29, 0.717) is 11.1 Å². The van der Waals surface area contributed by atoms with Crippen LogP contribution in [0.3, 0.4) is 0 Å². The van der Waals surface area contributed by atoms with Gasteiger partial charge in [0.05, 0.1) is 11.1 Å². The Bertz CT molecular complexity index is 400. The largest absolute Gasteiger partial charge is 0.478 e. The van der Waals surface area contributed by atoms with Crippen LogP contribution in [0.5, 0.6) is 0 Å². The summed E-state index contributed by atoms with van der Waals surface area (Å²) in [6, 6.07) is 4.34. The van der Waals surface area contributed by atoms with Gasteiger partial charge in [0, 0.05) is 5.56 Å². The first-order chi connectivity index (χ1) is 6.18. The number of carboxylic acids is 1. The van der Waals surface area contributed by atoms with Gasteiger partial charge in [-0.15, -0.1) is 0 Å². The van der Waals surface area contributed by atoms with Crippen LogP contribution in [-0.2, 0) is 11.3 Å². The van der Waals surface area contributed by atoms with Crippen LogP contribution in [0, 0.1) is 0 Å². The predicted molar refractivity (Wildman–Crippen MR) is 47.5 cm³/mol. The molecular weight excluding hydrogens is 186 g/mol. The Hall–Kier alpha value is -1.88. The number of hydrogen-bond acceptors (Lipinski definition) is 4. The molecule has 1 aliphatic rings. The minimum atomic E-state index is -0.998. The number of carboxylic acid groups (broad SMARTS) is 1. The van der Waals surface area contributed by atoms with Gasteiger partial charge in [-0.2, -0.15) is 0 Å². The molecule has 4 N–H and O–H groups in total. The molecule has 5 heteroatoms. The number of carbonyl (C=O) groups excluding carboxylic acids is 1. The molecule has 14 heavy (non-hydrogen) atoms. The molecule has 5 nitrogen and oxygen atoms in total. The van der Waals surface area contributed by atoms with Gasteiger partial charge in [0.1, 0.15) is 6.61 Å². The lowest BCUT2D eigenvalue weighted by molar-refractivity contribution is 0.0535. The maximum atomic E-state index is 11.0. The lowest BCUT2D eigenvalue weighted by Crippen LogP contribution is -1.98. The van der Waals surface area contributed by atoms with Crippen LogP contribution in [0.15, 0.2) is 18.2 Å². The van der Waals surface area contributed by atoms with Crippen LogP contribution in [0.4, 0.5) is 0 Å². The second kappa shape index (κ2) is 3.47. The maximum Gasteiger partial charge on any atom is 0.338 e. The van der Waals surface area contributed by atoms with E-state index in [4.69, 9.17) is 9.84 Å². The summed E-state index contributed by atoms with van der Waals surface area (Å²) in [4.78, 5) is 21.5. The Morgan fingerprint density at radius 3 is 2.79 bits per heavy atom. The molecule has 0 atom stereocenters. The number of hydrogen-bond donors (Lipinski definition) is 2. The van der Waals surface area contributed by atoms with E-state index in [1.165, 1.54) is 18.2 Å². The first kappa shape index (κ1) is 10.2. The molecule has 1 aromatic carbocycles. The first-order valence-corrected chi connectivity index (χ1v) is 3.72. The SMILES string of the molecule is N.O=C(O)c1ccc2c(c1)COC2=O. The van der Waals surface area contributed by atoms with Crippen molar-refractivity contribution in [3.8, 4) is 0 Å². The molecule has 1 aromatic rings. The van der Waals surface area contributed by atoms with E-state index in [1.54, 1.807) is 0 Å². The molecule has 0 radical (unpaired) electrons. The van der Waals surface area contributed by atoms with Gasteiger partial charge >= 0.3 is 11.9 Å². The molecular formula is C9H9NO4. The Kier molecular flexibility index (Phi) is 2.53. The molecule has 0 spiro atoms. The highest BCUT2D eigenvalue weighted by Gasteiger charge is 2.21. The van der Waals surface area contributed by atoms with Crippen molar-refractivity contribution in [1.29, 1.82) is 0 Å². The van der Waals surface area contributed by atoms with Crippen molar-refractivity contribution in [1.82, 2.24) is 6.15 Å². The number of cyclic esters (lactones) is 1. The zero-order valence-corrected chi connectivity index (χ0v) is 7.32. The lowest BCUT2D eigenvalue weighted by Gasteiger charge is -1.95. The van der Waals surface area contributed by atoms with E-state index in [-0.39, 0.29) is 24.3 Å². The molecule has 0 amide bonds. The molecule has 2 rings (SSSR count). The third-order valence-corrected chi connectivity index (χ3v) is 1.93. The number of ether oxygens (including phenoxy) is 1. The Labute approximate surface area is 79.9 Å². The summed E-state index contributed by atoms with van der Waals surface area (Å²) in [5.74, 6) is -1.38. The number of rotatable bonds is 1. The Balaban J connectivity index is 0.000000980. The highest BCUT2D eigenvalue weighted by molar-refractivity contribution is 5.95. The highest BCUT2D eigenvalue weighted by Crippen LogP contribution is 2.20. The van der Waals surface area contributed by atoms with Gasteiger partial charge in [-0.3, -0.25) is 0 Å². The van der Waals surface area contributed by atoms with E-state index in [2.05, 4.69) is 0 Å². The Morgan fingerprint density at radius 1 is 1.43 bits per heavy atom. The third kappa shape index (κ3) is 1.45. The van der Waals surface area contributed by atoms with Gasteiger partial charge in [-0.05, 0) is 18.2 Å². The third-order valence-electron chi connectivity index (χ3n) is 1.93. The van der Waals surface area contributed by atoms with Crippen molar-refractivity contribution >= 4 is 11.9 Å². The van der Waals surface area contributed by atoms with Crippen LogP contribution in [0.25, 0.3) is 0 Å². The van der Waals surface area contributed by atoms with E-state index in [9.17, 15) is 9.59 Å². The molecule has 0 aromatic heterocycles. The standard InChI is InChI=1S/C9H6O4.H3N/c10-8(11)5-1-2-7-6(3-5)4-13-9(7)12;/h1-3H,4H2,(H,10,11);1H3. The van der Waals surface area contributed by atoms with Crippen LogP contribution in [-0.4, -0.2) is 17.0 Å². The highest BCUT2D eigenvalue weighted by atomic mass is 16.5. The summed E-state index contributed by atoms with van der Waals surface area (Å²) in [7, 11) is 0. The molecule has 74 valence electrons. The smallest absolute Gasteiger partial charge is 0.338 e. The minimum absolute atomic E-state index is 0. The summed E-state index contributed by atoms with van der Waals surface area (Å²) >= 11 is 0. The second-order valence-electron chi connectivity index (χ2n) is 2.75. The Morgan fingerprint density at radius 2 is 2.14 bits per heavy atom. The van der Waals surface area contributed by atoms with Crippen molar-refractivity contribution in [3.63, 3.8) is 0 Å². The molecule has 0 bridgehead atoms. The molecule has 1 heterocycles. The minimum Gasteiger partial charge on any atom is -0.478 e. The van der Waals surface area contributed by atoms with Crippen molar-refractivity contribution in [3.05, 3.63) is 34.9 Å². The fourth-order valence-corrected chi connectivity index (χ4v) is 1.27. The number of fused-ring (bicyclic) bond motifs is 1. The molecule has 0 saturated carbocycles. The maximum absolute atomic E-state index is 11.0. The molecule has 1 aliphatic heterocycles. The lowest BCUT2D eigenvalue weighted by atomic mass is 10.1. The molecule has 0 saturated heterocycles. The molecule has 0 aliphatic carbocycles. The normalized spacial score (nSPS) is 12.7. The van der Waals surface area contributed by atoms with Crippen molar-refractivity contribution in [2.45, 2.75) is 6.61 Å². The first-order valence-electron chi connectivity index (χ1n) is 3.72. The average molecular weight is 195 g/mol. The summed E-state index contributed by atoms with van der Waals surface area (Å²) < 4.78 is 4.73. The molecule has 0 unspecified atom stereocenters. The van der Waals surface area contributed by atoms with Gasteiger partial charge < -0.3 is 16.0 Å². The number of carbonyl (C=O) groups is 2. The number of esters is 1.